The van der Waals surface area contributed by atoms with Gasteiger partial charge in [-0.15, -0.1) is 0 Å². The molecule has 2 atom stereocenters. The Labute approximate surface area is 166 Å². The van der Waals surface area contributed by atoms with E-state index in [0.29, 0.717) is 13.2 Å². The molecule has 0 radical (unpaired) electrons. The summed E-state index contributed by atoms with van der Waals surface area (Å²) >= 11 is 0. The maximum absolute atomic E-state index is 12.0. The van der Waals surface area contributed by atoms with Gasteiger partial charge in [-0.2, -0.15) is 0 Å². The van der Waals surface area contributed by atoms with Crippen LogP contribution in [0.1, 0.15) is 65.2 Å². The van der Waals surface area contributed by atoms with Crippen LogP contribution >= 0.6 is 7.60 Å². The van der Waals surface area contributed by atoms with Crippen LogP contribution in [0.25, 0.3) is 0 Å². The smallest absolute Gasteiger partial charge is 0.362 e. The molecule has 7 nitrogen and oxygen atoms in total. The molecule has 0 saturated carbocycles. The van der Waals surface area contributed by atoms with E-state index in [9.17, 15) is 19.5 Å². The lowest BCUT2D eigenvalue weighted by molar-refractivity contribution is -0.875. The molecule has 0 aliphatic rings. The molecular formula is C19H44N2O5P+. The van der Waals surface area contributed by atoms with E-state index in [4.69, 9.17) is 4.74 Å². The third-order valence-electron chi connectivity index (χ3n) is 4.56. The molecule has 0 bridgehead atoms. The van der Waals surface area contributed by atoms with Gasteiger partial charge in [0.05, 0.1) is 27.2 Å². The summed E-state index contributed by atoms with van der Waals surface area (Å²) in [5.41, 5.74) is 0. The summed E-state index contributed by atoms with van der Waals surface area (Å²) in [6, 6.07) is 0. The van der Waals surface area contributed by atoms with Gasteiger partial charge in [-0.1, -0.05) is 45.4 Å². The summed E-state index contributed by atoms with van der Waals surface area (Å²) in [4.78, 5) is 19.4. The van der Waals surface area contributed by atoms with Crippen molar-refractivity contribution in [3.05, 3.63) is 0 Å². The molecule has 0 aliphatic carbocycles. The highest BCUT2D eigenvalue weighted by Crippen LogP contribution is 2.52. The van der Waals surface area contributed by atoms with Gasteiger partial charge in [0.15, 0.2) is 0 Å². The van der Waals surface area contributed by atoms with Gasteiger partial charge in [-0.05, 0) is 19.9 Å². The first-order valence-corrected chi connectivity index (χ1v) is 12.0. The fourth-order valence-electron chi connectivity index (χ4n) is 3.30. The van der Waals surface area contributed by atoms with E-state index in [1.165, 1.54) is 38.5 Å². The van der Waals surface area contributed by atoms with Crippen LogP contribution in [0, 0.1) is 0 Å². The largest absolute Gasteiger partial charge is 0.377 e. The van der Waals surface area contributed by atoms with Crippen molar-refractivity contribution in [2.75, 3.05) is 47.4 Å². The molecular weight excluding hydrogens is 367 g/mol. The Balaban J connectivity index is 4.45. The standard InChI is InChI=1S/C19H43N2O5P/c1-6-8-9-10-11-12-13-14-20-16-18(26-7-2)15-19(22,27(23,24)25)17-21(3,4)5/h18,20,22H,6-17H2,1-5H3,(H-,23,24,25)/p+1. The number of likely N-dealkylation sites (N-methyl/N-ethyl adjacent to an activating group) is 1. The van der Waals surface area contributed by atoms with Gasteiger partial charge in [0.25, 0.3) is 0 Å². The van der Waals surface area contributed by atoms with E-state index in [1.54, 1.807) is 21.1 Å². The van der Waals surface area contributed by atoms with Crippen LogP contribution in [-0.2, 0) is 9.30 Å². The fraction of sp³-hybridized carbons (Fsp3) is 1.00. The Morgan fingerprint density at radius 1 is 1.04 bits per heavy atom. The predicted molar refractivity (Wildman–Crippen MR) is 111 cm³/mol. The van der Waals surface area contributed by atoms with Gasteiger partial charge in [0.2, 0.25) is 5.34 Å². The second-order valence-corrected chi connectivity index (χ2v) is 10.5. The first-order valence-electron chi connectivity index (χ1n) is 10.4. The van der Waals surface area contributed by atoms with Gasteiger partial charge in [0, 0.05) is 19.6 Å². The topological polar surface area (TPSA) is 99.0 Å². The lowest BCUT2D eigenvalue weighted by atomic mass is 10.1. The van der Waals surface area contributed by atoms with Crippen LogP contribution in [0.3, 0.4) is 0 Å². The van der Waals surface area contributed by atoms with Crippen molar-refractivity contribution in [3.8, 4) is 0 Å². The molecule has 164 valence electrons. The van der Waals surface area contributed by atoms with Gasteiger partial charge < -0.3 is 29.4 Å². The summed E-state index contributed by atoms with van der Waals surface area (Å²) in [5, 5.41) is 12.0. The summed E-state index contributed by atoms with van der Waals surface area (Å²) in [5.74, 6) is 0. The van der Waals surface area contributed by atoms with Crippen LogP contribution in [0.4, 0.5) is 0 Å². The SMILES string of the molecule is CCCCCCCCCNCC(CC(O)(C[N+](C)(C)C)P(=O)(O)O)OCC. The number of hydrogen-bond acceptors (Lipinski definition) is 4. The number of ether oxygens (including phenoxy) is 1. The van der Waals surface area contributed by atoms with Crippen LogP contribution in [0.15, 0.2) is 0 Å². The monoisotopic (exact) mass is 411 g/mol. The third kappa shape index (κ3) is 12.9. The predicted octanol–water partition coefficient (Wildman–Crippen LogP) is 2.69. The molecule has 0 spiro atoms. The zero-order valence-corrected chi connectivity index (χ0v) is 19.0. The van der Waals surface area contributed by atoms with Crippen molar-refractivity contribution in [3.63, 3.8) is 0 Å². The Morgan fingerprint density at radius 2 is 1.59 bits per heavy atom. The number of quaternary nitrogens is 1. The third-order valence-corrected chi connectivity index (χ3v) is 5.96. The van der Waals surface area contributed by atoms with Crippen LogP contribution < -0.4 is 5.32 Å². The number of nitrogens with zero attached hydrogens (tertiary/aromatic N) is 1. The van der Waals surface area contributed by atoms with E-state index in [1.807, 2.05) is 6.92 Å². The lowest BCUT2D eigenvalue weighted by Gasteiger charge is -2.37. The van der Waals surface area contributed by atoms with Crippen molar-refractivity contribution >= 4 is 7.60 Å². The summed E-state index contributed by atoms with van der Waals surface area (Å²) < 4.78 is 17.9. The van der Waals surface area contributed by atoms with Crippen molar-refractivity contribution in [1.82, 2.24) is 5.32 Å². The van der Waals surface area contributed by atoms with Crippen LogP contribution in [0.2, 0.25) is 0 Å². The number of unbranched alkanes of at least 4 members (excludes halogenated alkanes) is 6. The number of hydrogen-bond donors (Lipinski definition) is 4. The van der Waals surface area contributed by atoms with Crippen molar-refractivity contribution in [1.29, 1.82) is 0 Å². The first-order chi connectivity index (χ1) is 12.4. The van der Waals surface area contributed by atoms with Gasteiger partial charge in [-0.3, -0.25) is 4.57 Å². The second kappa shape index (κ2) is 13.3. The molecule has 27 heavy (non-hydrogen) atoms. The molecule has 0 aromatic rings. The average Bonchev–Trinajstić information content (AvgIpc) is 2.50. The Morgan fingerprint density at radius 3 is 2.07 bits per heavy atom. The highest BCUT2D eigenvalue weighted by atomic mass is 31.2. The van der Waals surface area contributed by atoms with Crippen molar-refractivity contribution in [2.45, 2.75) is 76.7 Å². The number of aliphatic hydroxyl groups is 1. The molecule has 0 aliphatic heterocycles. The maximum atomic E-state index is 12.0. The minimum atomic E-state index is -4.69. The molecule has 8 heteroatoms. The Kier molecular flexibility index (Phi) is 13.3. The summed E-state index contributed by atoms with van der Waals surface area (Å²) in [6.07, 6.45) is 8.14. The summed E-state index contributed by atoms with van der Waals surface area (Å²) in [7, 11) is 0.709. The molecule has 0 aromatic carbocycles. The number of nitrogens with one attached hydrogen (secondary N) is 1. The summed E-state index contributed by atoms with van der Waals surface area (Å²) in [6.45, 7) is 5.78. The Hall–Kier alpha value is -0.0100. The van der Waals surface area contributed by atoms with Gasteiger partial charge >= 0.3 is 7.60 Å². The van der Waals surface area contributed by atoms with Gasteiger partial charge in [-0.25, -0.2) is 0 Å². The first kappa shape index (κ1) is 27.0. The average molecular weight is 412 g/mol. The van der Waals surface area contributed by atoms with Crippen molar-refractivity contribution in [2.24, 2.45) is 0 Å². The molecule has 4 N–H and O–H groups in total. The lowest BCUT2D eigenvalue weighted by Crippen LogP contribution is -2.51. The van der Waals surface area contributed by atoms with E-state index in [0.717, 1.165) is 13.0 Å². The van der Waals surface area contributed by atoms with E-state index in [2.05, 4.69) is 12.2 Å². The van der Waals surface area contributed by atoms with Crippen LogP contribution in [0.5, 0.6) is 0 Å². The van der Waals surface area contributed by atoms with Gasteiger partial charge in [0.1, 0.15) is 6.54 Å². The van der Waals surface area contributed by atoms with Crippen molar-refractivity contribution < 1.29 is 28.7 Å². The normalized spacial score (nSPS) is 16.3. The quantitative estimate of drug-likeness (QED) is 0.167. The maximum Gasteiger partial charge on any atom is 0.362 e. The molecule has 0 rings (SSSR count). The minimum Gasteiger partial charge on any atom is -0.377 e. The van der Waals surface area contributed by atoms with Crippen LogP contribution in [-0.4, -0.2) is 78.2 Å². The molecule has 0 aromatic heterocycles. The highest BCUT2D eigenvalue weighted by molar-refractivity contribution is 7.53. The molecule has 2 unspecified atom stereocenters. The van der Waals surface area contributed by atoms with E-state index < -0.39 is 19.0 Å². The van der Waals surface area contributed by atoms with E-state index >= 15 is 0 Å². The fourth-order valence-corrected chi connectivity index (χ4v) is 4.35. The molecule has 0 fully saturated rings. The molecule has 0 saturated heterocycles. The zero-order chi connectivity index (χ0) is 21.0. The van der Waals surface area contributed by atoms with E-state index in [-0.39, 0.29) is 17.4 Å². The number of rotatable bonds is 17. The minimum absolute atomic E-state index is 0.0430. The molecule has 0 heterocycles. The zero-order valence-electron chi connectivity index (χ0n) is 18.1. The molecule has 0 amide bonds. The highest BCUT2D eigenvalue weighted by Gasteiger charge is 2.50. The second-order valence-electron chi connectivity index (χ2n) is 8.58. The Bertz CT molecular complexity index is 425.